The second-order valence-electron chi connectivity index (χ2n) is 3.68. The average Bonchev–Trinajstić information content (AvgIpc) is 2.49. The van der Waals surface area contributed by atoms with Crippen LogP contribution in [-0.2, 0) is 14.4 Å². The Balaban J connectivity index is 2.75. The number of hydrogen-bond donors (Lipinski definition) is 2. The van der Waals surface area contributed by atoms with E-state index in [4.69, 9.17) is 11.5 Å². The number of nitrogens with zero attached hydrogens (tertiary/aromatic N) is 1. The van der Waals surface area contributed by atoms with Gasteiger partial charge in [-0.3, -0.25) is 14.4 Å². The molecule has 6 heteroatoms. The summed E-state index contributed by atoms with van der Waals surface area (Å²) in [4.78, 5) is 34.8. The molecule has 0 unspecified atom stereocenters. The first-order valence-electron chi connectivity index (χ1n) is 4.85. The summed E-state index contributed by atoms with van der Waals surface area (Å²) in [6.07, 6.45) is 0.533. The summed E-state index contributed by atoms with van der Waals surface area (Å²) in [5.41, 5.74) is 10.3. The molecule has 1 fully saturated rings. The highest BCUT2D eigenvalue weighted by molar-refractivity contribution is 5.92. The number of rotatable bonds is 4. The van der Waals surface area contributed by atoms with Gasteiger partial charge in [-0.1, -0.05) is 6.92 Å². The summed E-state index contributed by atoms with van der Waals surface area (Å²) in [7, 11) is 0. The molecule has 1 aliphatic rings. The van der Waals surface area contributed by atoms with Gasteiger partial charge < -0.3 is 16.4 Å². The smallest absolute Gasteiger partial charge is 0.240 e. The summed E-state index contributed by atoms with van der Waals surface area (Å²) in [6.45, 7) is 1.97. The summed E-state index contributed by atoms with van der Waals surface area (Å²) in [5.74, 6) is -1.78. The van der Waals surface area contributed by atoms with Crippen molar-refractivity contribution in [3.63, 3.8) is 0 Å². The molecular formula is C9H15N3O3. The van der Waals surface area contributed by atoms with Crippen LogP contribution in [0.15, 0.2) is 0 Å². The molecule has 0 aromatic rings. The van der Waals surface area contributed by atoms with E-state index in [0.717, 1.165) is 0 Å². The van der Waals surface area contributed by atoms with Crippen molar-refractivity contribution in [2.45, 2.75) is 25.8 Å². The predicted octanol–water partition coefficient (Wildman–Crippen LogP) is -1.42. The Bertz CT molecular complexity index is 303. The Hall–Kier alpha value is -1.59. The SMILES string of the molecule is CC[C@@H](C(N)=O)N1C[C@H](C(N)=O)CC1=O. The van der Waals surface area contributed by atoms with E-state index in [2.05, 4.69) is 0 Å². The van der Waals surface area contributed by atoms with Gasteiger partial charge in [0.15, 0.2) is 0 Å². The molecule has 0 aliphatic carbocycles. The molecule has 2 atom stereocenters. The fourth-order valence-corrected chi connectivity index (χ4v) is 1.80. The van der Waals surface area contributed by atoms with Crippen LogP contribution in [0.5, 0.6) is 0 Å². The van der Waals surface area contributed by atoms with Crippen molar-refractivity contribution in [1.82, 2.24) is 4.90 Å². The first kappa shape index (κ1) is 11.5. The zero-order chi connectivity index (χ0) is 11.6. The largest absolute Gasteiger partial charge is 0.369 e. The van der Waals surface area contributed by atoms with Gasteiger partial charge in [-0.05, 0) is 6.42 Å². The Morgan fingerprint density at radius 2 is 2.13 bits per heavy atom. The van der Waals surface area contributed by atoms with Crippen molar-refractivity contribution in [3.8, 4) is 0 Å². The van der Waals surface area contributed by atoms with Crippen LogP contribution in [0.3, 0.4) is 0 Å². The first-order chi connectivity index (χ1) is 6.97. The second kappa shape index (κ2) is 4.29. The van der Waals surface area contributed by atoms with Crippen molar-refractivity contribution in [3.05, 3.63) is 0 Å². The van der Waals surface area contributed by atoms with Crippen LogP contribution < -0.4 is 11.5 Å². The highest BCUT2D eigenvalue weighted by Gasteiger charge is 2.38. The van der Waals surface area contributed by atoms with Crippen LogP contribution in [0.2, 0.25) is 0 Å². The van der Waals surface area contributed by atoms with E-state index in [0.29, 0.717) is 6.42 Å². The summed E-state index contributed by atoms with van der Waals surface area (Å²) < 4.78 is 0. The topological polar surface area (TPSA) is 106 Å². The number of likely N-dealkylation sites (tertiary alicyclic amines) is 1. The Morgan fingerprint density at radius 1 is 1.53 bits per heavy atom. The number of carbonyl (C=O) groups excluding carboxylic acids is 3. The lowest BCUT2D eigenvalue weighted by atomic mass is 10.1. The molecule has 0 spiro atoms. The molecular weight excluding hydrogens is 198 g/mol. The van der Waals surface area contributed by atoms with E-state index in [-0.39, 0.29) is 18.9 Å². The zero-order valence-corrected chi connectivity index (χ0v) is 8.60. The normalized spacial score (nSPS) is 22.9. The lowest BCUT2D eigenvalue weighted by molar-refractivity contribution is -0.136. The third-order valence-corrected chi connectivity index (χ3v) is 2.65. The van der Waals surface area contributed by atoms with Gasteiger partial charge >= 0.3 is 0 Å². The van der Waals surface area contributed by atoms with Gasteiger partial charge in [-0.25, -0.2) is 0 Å². The van der Waals surface area contributed by atoms with Crippen LogP contribution in [-0.4, -0.2) is 35.2 Å². The van der Waals surface area contributed by atoms with Gasteiger partial charge in [-0.2, -0.15) is 0 Å². The van der Waals surface area contributed by atoms with Gasteiger partial charge in [-0.15, -0.1) is 0 Å². The fraction of sp³-hybridized carbons (Fsp3) is 0.667. The summed E-state index contributed by atoms with van der Waals surface area (Å²) in [6, 6.07) is -0.623. The van der Waals surface area contributed by atoms with E-state index in [1.165, 1.54) is 4.90 Å². The zero-order valence-electron chi connectivity index (χ0n) is 8.60. The molecule has 0 bridgehead atoms. The Labute approximate surface area is 87.6 Å². The quantitative estimate of drug-likeness (QED) is 0.598. The van der Waals surface area contributed by atoms with Crippen LogP contribution >= 0.6 is 0 Å². The Morgan fingerprint density at radius 3 is 2.47 bits per heavy atom. The molecule has 6 nitrogen and oxygen atoms in total. The molecule has 84 valence electrons. The van der Waals surface area contributed by atoms with Crippen LogP contribution in [0, 0.1) is 5.92 Å². The van der Waals surface area contributed by atoms with Crippen molar-refractivity contribution < 1.29 is 14.4 Å². The number of primary amides is 2. The van der Waals surface area contributed by atoms with Gasteiger partial charge in [0.05, 0.1) is 5.92 Å². The third-order valence-electron chi connectivity index (χ3n) is 2.65. The minimum absolute atomic E-state index is 0.0825. The predicted molar refractivity (Wildman–Crippen MR) is 52.3 cm³/mol. The fourth-order valence-electron chi connectivity index (χ4n) is 1.80. The van der Waals surface area contributed by atoms with Crippen LogP contribution in [0.25, 0.3) is 0 Å². The maximum Gasteiger partial charge on any atom is 0.240 e. The molecule has 3 amide bonds. The molecule has 0 saturated carbocycles. The van der Waals surface area contributed by atoms with Gasteiger partial charge in [0.25, 0.3) is 0 Å². The Kier molecular flexibility index (Phi) is 3.28. The number of hydrogen-bond acceptors (Lipinski definition) is 3. The number of carbonyl (C=O) groups is 3. The molecule has 15 heavy (non-hydrogen) atoms. The van der Waals surface area contributed by atoms with E-state index < -0.39 is 23.8 Å². The lowest BCUT2D eigenvalue weighted by Gasteiger charge is -2.23. The standard InChI is InChI=1S/C9H15N3O3/c1-2-6(9(11)15)12-4-5(8(10)14)3-7(12)13/h5-6H,2-4H2,1H3,(H2,10,14)(H2,11,15)/t5-,6+/m1/s1. The highest BCUT2D eigenvalue weighted by Crippen LogP contribution is 2.20. The average molecular weight is 213 g/mol. The maximum atomic E-state index is 11.5. The summed E-state index contributed by atoms with van der Waals surface area (Å²) >= 11 is 0. The van der Waals surface area contributed by atoms with Gasteiger partial charge in [0.2, 0.25) is 17.7 Å². The van der Waals surface area contributed by atoms with Crippen molar-refractivity contribution >= 4 is 17.7 Å². The minimum atomic E-state index is -0.623. The summed E-state index contributed by atoms with van der Waals surface area (Å²) in [5, 5.41) is 0. The minimum Gasteiger partial charge on any atom is -0.369 e. The molecule has 1 saturated heterocycles. The number of amides is 3. The van der Waals surface area contributed by atoms with Crippen molar-refractivity contribution in [2.24, 2.45) is 17.4 Å². The molecule has 1 heterocycles. The molecule has 0 aromatic carbocycles. The first-order valence-corrected chi connectivity index (χ1v) is 4.85. The molecule has 1 aliphatic heterocycles. The second-order valence-corrected chi connectivity index (χ2v) is 3.68. The molecule has 0 aromatic heterocycles. The maximum absolute atomic E-state index is 11.5. The molecule has 4 N–H and O–H groups in total. The van der Waals surface area contributed by atoms with Crippen LogP contribution in [0.4, 0.5) is 0 Å². The van der Waals surface area contributed by atoms with E-state index >= 15 is 0 Å². The van der Waals surface area contributed by atoms with Crippen LogP contribution in [0.1, 0.15) is 19.8 Å². The monoisotopic (exact) mass is 213 g/mol. The van der Waals surface area contributed by atoms with Gasteiger partial charge in [0.1, 0.15) is 6.04 Å². The highest BCUT2D eigenvalue weighted by atomic mass is 16.2. The third kappa shape index (κ3) is 2.26. The van der Waals surface area contributed by atoms with Crippen molar-refractivity contribution in [1.29, 1.82) is 0 Å². The number of nitrogens with two attached hydrogens (primary N) is 2. The molecule has 0 radical (unpaired) electrons. The van der Waals surface area contributed by atoms with E-state index in [1.807, 2.05) is 0 Å². The van der Waals surface area contributed by atoms with E-state index in [1.54, 1.807) is 6.92 Å². The van der Waals surface area contributed by atoms with Gasteiger partial charge in [0, 0.05) is 13.0 Å². The van der Waals surface area contributed by atoms with Crippen molar-refractivity contribution in [2.75, 3.05) is 6.54 Å². The lowest BCUT2D eigenvalue weighted by Crippen LogP contribution is -2.45. The molecule has 1 rings (SSSR count). The van der Waals surface area contributed by atoms with E-state index in [9.17, 15) is 14.4 Å².